The Morgan fingerprint density at radius 1 is 1.31 bits per heavy atom. The molecule has 0 bridgehead atoms. The summed E-state index contributed by atoms with van der Waals surface area (Å²) < 4.78 is 5.34. The summed E-state index contributed by atoms with van der Waals surface area (Å²) in [5, 5.41) is 3.41. The van der Waals surface area contributed by atoms with E-state index in [0.29, 0.717) is 6.04 Å². The van der Waals surface area contributed by atoms with Gasteiger partial charge in [0, 0.05) is 25.7 Å². The van der Waals surface area contributed by atoms with Gasteiger partial charge in [-0.15, -0.1) is 0 Å². The zero-order valence-electron chi connectivity index (χ0n) is 8.88. The quantitative estimate of drug-likeness (QED) is 0.684. The normalized spacial score (nSPS) is 21.7. The van der Waals surface area contributed by atoms with Crippen LogP contribution in [-0.2, 0) is 4.74 Å². The minimum atomic E-state index is 0.698. The molecule has 1 rings (SSSR count). The number of likely N-dealkylation sites (N-methyl/N-ethyl adjacent to an activating group) is 1. The van der Waals surface area contributed by atoms with E-state index in [4.69, 9.17) is 4.74 Å². The average Bonchev–Trinajstić information content (AvgIpc) is 2.21. The number of morpholine rings is 1. The molecule has 0 saturated carbocycles. The largest absolute Gasteiger partial charge is 0.379 e. The molecule has 1 unspecified atom stereocenters. The molecule has 0 radical (unpaired) electrons. The lowest BCUT2D eigenvalue weighted by molar-refractivity contribution is 0.0160. The highest BCUT2D eigenvalue weighted by Crippen LogP contribution is 2.06. The lowest BCUT2D eigenvalue weighted by Gasteiger charge is -2.34. The standard InChI is InChI=1S/C10H22N2O/c1-3-10(9-11-4-2)12-5-7-13-8-6-12/h10-11H,3-9H2,1-2H3. The van der Waals surface area contributed by atoms with Crippen molar-refractivity contribution in [2.75, 3.05) is 39.4 Å². The first-order valence-corrected chi connectivity index (χ1v) is 5.41. The number of nitrogens with zero attached hydrogens (tertiary/aromatic N) is 1. The Kier molecular flexibility index (Phi) is 5.35. The zero-order valence-corrected chi connectivity index (χ0v) is 8.88. The summed E-state index contributed by atoms with van der Waals surface area (Å²) in [4.78, 5) is 2.53. The summed E-state index contributed by atoms with van der Waals surface area (Å²) in [7, 11) is 0. The van der Waals surface area contributed by atoms with Crippen LogP contribution < -0.4 is 5.32 Å². The molecule has 1 N–H and O–H groups in total. The molecule has 0 aromatic carbocycles. The molecule has 78 valence electrons. The predicted molar refractivity (Wildman–Crippen MR) is 55.0 cm³/mol. The third kappa shape index (κ3) is 3.63. The van der Waals surface area contributed by atoms with Crippen LogP contribution in [0, 0.1) is 0 Å². The molecule has 0 amide bonds. The highest BCUT2D eigenvalue weighted by Gasteiger charge is 2.18. The minimum Gasteiger partial charge on any atom is -0.379 e. The van der Waals surface area contributed by atoms with E-state index in [1.54, 1.807) is 0 Å². The van der Waals surface area contributed by atoms with Gasteiger partial charge in [0.05, 0.1) is 13.2 Å². The van der Waals surface area contributed by atoms with Crippen molar-refractivity contribution in [3.63, 3.8) is 0 Å². The molecule has 1 atom stereocenters. The number of hydrogen-bond donors (Lipinski definition) is 1. The fourth-order valence-electron chi connectivity index (χ4n) is 1.79. The fraction of sp³-hybridized carbons (Fsp3) is 1.00. The van der Waals surface area contributed by atoms with Gasteiger partial charge < -0.3 is 10.1 Å². The van der Waals surface area contributed by atoms with Crippen molar-refractivity contribution in [1.82, 2.24) is 10.2 Å². The topological polar surface area (TPSA) is 24.5 Å². The molecule has 1 saturated heterocycles. The summed E-state index contributed by atoms with van der Waals surface area (Å²) in [6.45, 7) is 10.6. The number of nitrogens with one attached hydrogen (secondary N) is 1. The Morgan fingerprint density at radius 3 is 2.54 bits per heavy atom. The first-order valence-electron chi connectivity index (χ1n) is 5.41. The van der Waals surface area contributed by atoms with Crippen LogP contribution in [0.15, 0.2) is 0 Å². The van der Waals surface area contributed by atoms with Crippen molar-refractivity contribution in [2.45, 2.75) is 26.3 Å². The number of rotatable bonds is 5. The van der Waals surface area contributed by atoms with Gasteiger partial charge >= 0.3 is 0 Å². The van der Waals surface area contributed by atoms with Crippen molar-refractivity contribution in [2.24, 2.45) is 0 Å². The fourth-order valence-corrected chi connectivity index (χ4v) is 1.79. The Hall–Kier alpha value is -0.120. The van der Waals surface area contributed by atoms with E-state index in [9.17, 15) is 0 Å². The second-order valence-corrected chi connectivity index (χ2v) is 3.52. The third-order valence-electron chi connectivity index (χ3n) is 2.66. The van der Waals surface area contributed by atoms with Crippen LogP contribution in [-0.4, -0.2) is 50.3 Å². The molecule has 3 heteroatoms. The van der Waals surface area contributed by atoms with Crippen molar-refractivity contribution in [1.29, 1.82) is 0 Å². The first kappa shape index (κ1) is 11.0. The van der Waals surface area contributed by atoms with Crippen LogP contribution in [0.1, 0.15) is 20.3 Å². The molecule has 13 heavy (non-hydrogen) atoms. The van der Waals surface area contributed by atoms with Gasteiger partial charge in [0.2, 0.25) is 0 Å². The molecular weight excluding hydrogens is 164 g/mol. The van der Waals surface area contributed by atoms with E-state index >= 15 is 0 Å². The van der Waals surface area contributed by atoms with Crippen LogP contribution >= 0.6 is 0 Å². The van der Waals surface area contributed by atoms with Crippen LogP contribution in [0.2, 0.25) is 0 Å². The van der Waals surface area contributed by atoms with Crippen LogP contribution in [0.3, 0.4) is 0 Å². The third-order valence-corrected chi connectivity index (χ3v) is 2.66. The van der Waals surface area contributed by atoms with Gasteiger partial charge in [0.25, 0.3) is 0 Å². The molecule has 0 aliphatic carbocycles. The maximum absolute atomic E-state index is 5.34. The second kappa shape index (κ2) is 6.35. The van der Waals surface area contributed by atoms with Gasteiger partial charge in [-0.2, -0.15) is 0 Å². The SMILES string of the molecule is CCNCC(CC)N1CCOCC1. The molecule has 1 heterocycles. The molecule has 0 aromatic heterocycles. The van der Waals surface area contributed by atoms with E-state index in [2.05, 4.69) is 24.1 Å². The predicted octanol–water partition coefficient (Wildman–Crippen LogP) is 0.707. The average molecular weight is 186 g/mol. The van der Waals surface area contributed by atoms with Crippen molar-refractivity contribution in [3.8, 4) is 0 Å². The highest BCUT2D eigenvalue weighted by molar-refractivity contribution is 4.74. The molecule has 1 aliphatic heterocycles. The van der Waals surface area contributed by atoms with E-state index in [1.165, 1.54) is 6.42 Å². The van der Waals surface area contributed by atoms with E-state index < -0.39 is 0 Å². The summed E-state index contributed by atoms with van der Waals surface area (Å²) in [6, 6.07) is 0.698. The second-order valence-electron chi connectivity index (χ2n) is 3.52. The molecule has 0 aromatic rings. The summed E-state index contributed by atoms with van der Waals surface area (Å²) in [5.41, 5.74) is 0. The van der Waals surface area contributed by atoms with Gasteiger partial charge in [-0.1, -0.05) is 13.8 Å². The lowest BCUT2D eigenvalue weighted by atomic mass is 10.2. The van der Waals surface area contributed by atoms with Crippen LogP contribution in [0.25, 0.3) is 0 Å². The lowest BCUT2D eigenvalue weighted by Crippen LogP contribution is -2.47. The maximum Gasteiger partial charge on any atom is 0.0594 e. The van der Waals surface area contributed by atoms with Crippen LogP contribution in [0.4, 0.5) is 0 Å². The summed E-state index contributed by atoms with van der Waals surface area (Å²) in [5.74, 6) is 0. The summed E-state index contributed by atoms with van der Waals surface area (Å²) >= 11 is 0. The van der Waals surface area contributed by atoms with Gasteiger partial charge in [-0.25, -0.2) is 0 Å². The van der Waals surface area contributed by atoms with E-state index in [-0.39, 0.29) is 0 Å². The van der Waals surface area contributed by atoms with Gasteiger partial charge in [0.15, 0.2) is 0 Å². The molecular formula is C10H22N2O. The monoisotopic (exact) mass is 186 g/mol. The van der Waals surface area contributed by atoms with E-state index in [1.807, 2.05) is 0 Å². The van der Waals surface area contributed by atoms with Crippen molar-refractivity contribution in [3.05, 3.63) is 0 Å². The van der Waals surface area contributed by atoms with E-state index in [0.717, 1.165) is 39.4 Å². The Morgan fingerprint density at radius 2 is 2.00 bits per heavy atom. The van der Waals surface area contributed by atoms with Gasteiger partial charge in [0.1, 0.15) is 0 Å². The molecule has 1 fully saturated rings. The number of hydrogen-bond acceptors (Lipinski definition) is 3. The van der Waals surface area contributed by atoms with Gasteiger partial charge in [-0.3, -0.25) is 4.90 Å². The first-order chi connectivity index (χ1) is 6.38. The Balaban J connectivity index is 2.26. The Labute approximate surface area is 81.4 Å². The van der Waals surface area contributed by atoms with Crippen LogP contribution in [0.5, 0.6) is 0 Å². The smallest absolute Gasteiger partial charge is 0.0594 e. The van der Waals surface area contributed by atoms with Gasteiger partial charge in [-0.05, 0) is 13.0 Å². The number of ether oxygens (including phenoxy) is 1. The molecule has 0 spiro atoms. The minimum absolute atomic E-state index is 0.698. The summed E-state index contributed by atoms with van der Waals surface area (Å²) in [6.07, 6.45) is 1.23. The van der Waals surface area contributed by atoms with Crippen molar-refractivity contribution >= 4 is 0 Å². The molecule has 3 nitrogen and oxygen atoms in total. The maximum atomic E-state index is 5.34. The highest BCUT2D eigenvalue weighted by atomic mass is 16.5. The molecule has 1 aliphatic rings. The van der Waals surface area contributed by atoms with Crippen molar-refractivity contribution < 1.29 is 4.74 Å². The Bertz CT molecular complexity index is 124. The zero-order chi connectivity index (χ0) is 9.52.